The molecule has 5 rings (SSSR count). The lowest BCUT2D eigenvalue weighted by Crippen LogP contribution is -2.39. The van der Waals surface area contributed by atoms with E-state index in [1.807, 2.05) is 44.3 Å². The third-order valence-electron chi connectivity index (χ3n) is 6.87. The molecule has 0 amide bonds. The first kappa shape index (κ1) is 27.3. The number of sulfonamides is 1. The van der Waals surface area contributed by atoms with Gasteiger partial charge in [0.05, 0.1) is 10.4 Å². The van der Waals surface area contributed by atoms with Crippen molar-refractivity contribution in [2.75, 3.05) is 6.54 Å². The van der Waals surface area contributed by atoms with Crippen molar-refractivity contribution < 1.29 is 8.42 Å². The molecule has 0 saturated carbocycles. The van der Waals surface area contributed by atoms with Crippen LogP contribution >= 0.6 is 0 Å². The number of nitrogens with zero attached hydrogens (tertiary/aromatic N) is 3. The molecule has 2 aromatic carbocycles. The lowest BCUT2D eigenvalue weighted by molar-refractivity contribution is 0.403. The Morgan fingerprint density at radius 1 is 0.925 bits per heavy atom. The molecule has 208 valence electrons. The summed E-state index contributed by atoms with van der Waals surface area (Å²) >= 11 is 0. The van der Waals surface area contributed by atoms with Gasteiger partial charge in [-0.2, -0.15) is 0 Å². The summed E-state index contributed by atoms with van der Waals surface area (Å²) in [4.78, 5) is 31.4. The van der Waals surface area contributed by atoms with E-state index in [-0.39, 0.29) is 16.1 Å². The summed E-state index contributed by atoms with van der Waals surface area (Å²) in [5.74, 6) is 0. The van der Waals surface area contributed by atoms with Crippen LogP contribution in [0.15, 0.2) is 99.2 Å². The van der Waals surface area contributed by atoms with Crippen LogP contribution in [-0.4, -0.2) is 34.0 Å². The zero-order valence-electron chi connectivity index (χ0n) is 22.6. The van der Waals surface area contributed by atoms with E-state index in [4.69, 9.17) is 0 Å². The highest BCUT2D eigenvalue weighted by Gasteiger charge is 2.19. The second-order valence-electron chi connectivity index (χ2n) is 9.85. The highest BCUT2D eigenvalue weighted by molar-refractivity contribution is 7.89. The molecule has 10 heteroatoms. The lowest BCUT2D eigenvalue weighted by Gasteiger charge is -2.23. The van der Waals surface area contributed by atoms with E-state index in [1.165, 1.54) is 22.3 Å². The number of aromatic nitrogens is 3. The maximum atomic E-state index is 13.1. The van der Waals surface area contributed by atoms with Crippen LogP contribution < -0.4 is 16.0 Å². The third kappa shape index (κ3) is 5.53. The molecule has 40 heavy (non-hydrogen) atoms. The van der Waals surface area contributed by atoms with E-state index in [2.05, 4.69) is 26.7 Å². The third-order valence-corrected chi connectivity index (χ3v) is 8.27. The molecule has 1 aliphatic heterocycles. The van der Waals surface area contributed by atoms with E-state index in [0.717, 1.165) is 13.0 Å². The van der Waals surface area contributed by atoms with Gasteiger partial charge in [0.1, 0.15) is 5.52 Å². The fraction of sp³-hybridized carbons (Fsp3) is 0.267. The van der Waals surface area contributed by atoms with E-state index in [9.17, 15) is 18.0 Å². The van der Waals surface area contributed by atoms with Gasteiger partial charge in [0.15, 0.2) is 0 Å². The Hall–Kier alpha value is -4.31. The molecular formula is C30H33N5O4S. The molecule has 0 spiro atoms. The van der Waals surface area contributed by atoms with Crippen molar-refractivity contribution in [2.24, 2.45) is 0 Å². The van der Waals surface area contributed by atoms with Crippen molar-refractivity contribution in [3.63, 3.8) is 0 Å². The number of aryl methyl sites for hydroxylation is 1. The Morgan fingerprint density at radius 3 is 2.27 bits per heavy atom. The number of benzene rings is 2. The van der Waals surface area contributed by atoms with Gasteiger partial charge >= 0.3 is 5.69 Å². The van der Waals surface area contributed by atoms with Gasteiger partial charge in [-0.05, 0) is 54.3 Å². The summed E-state index contributed by atoms with van der Waals surface area (Å²) in [6.07, 6.45) is 6.90. The minimum Gasteiger partial charge on any atom is -0.369 e. The predicted octanol–water partition coefficient (Wildman–Crippen LogP) is 4.17. The van der Waals surface area contributed by atoms with Gasteiger partial charge in [-0.15, -0.1) is 0 Å². The second-order valence-corrected chi connectivity index (χ2v) is 11.5. The number of aromatic amines is 1. The highest BCUT2D eigenvalue weighted by atomic mass is 32.2. The number of fused-ring (bicyclic) bond motifs is 1. The molecule has 0 unspecified atom stereocenters. The highest BCUT2D eigenvalue weighted by Crippen LogP contribution is 2.24. The minimum atomic E-state index is -3.80. The van der Waals surface area contributed by atoms with Crippen molar-refractivity contribution in [3.05, 3.63) is 111 Å². The molecule has 1 aliphatic rings. The first-order valence-electron chi connectivity index (χ1n) is 13.5. The smallest absolute Gasteiger partial charge is 0.331 e. The molecule has 2 aromatic heterocycles. The minimum absolute atomic E-state index is 0.126. The summed E-state index contributed by atoms with van der Waals surface area (Å²) in [6, 6.07) is 18.3. The Kier molecular flexibility index (Phi) is 7.79. The van der Waals surface area contributed by atoms with Crippen molar-refractivity contribution in [2.45, 2.75) is 51.2 Å². The van der Waals surface area contributed by atoms with Gasteiger partial charge in [0.2, 0.25) is 0 Å². The molecular weight excluding hydrogens is 526 g/mol. The maximum absolute atomic E-state index is 13.1. The Labute approximate surface area is 233 Å². The van der Waals surface area contributed by atoms with Crippen molar-refractivity contribution in [1.82, 2.24) is 23.7 Å². The summed E-state index contributed by atoms with van der Waals surface area (Å²) in [7, 11) is -3.80. The zero-order valence-corrected chi connectivity index (χ0v) is 23.4. The van der Waals surface area contributed by atoms with Gasteiger partial charge < -0.3 is 9.88 Å². The van der Waals surface area contributed by atoms with E-state index in [0.29, 0.717) is 54.0 Å². The van der Waals surface area contributed by atoms with Gasteiger partial charge in [-0.25, -0.2) is 13.2 Å². The summed E-state index contributed by atoms with van der Waals surface area (Å²) in [5.41, 5.74) is 3.30. The number of H-pyrrole nitrogens is 1. The molecule has 9 nitrogen and oxygen atoms in total. The van der Waals surface area contributed by atoms with Gasteiger partial charge in [-0.1, -0.05) is 56.3 Å². The zero-order chi connectivity index (χ0) is 28.3. The van der Waals surface area contributed by atoms with Crippen LogP contribution in [0.2, 0.25) is 0 Å². The van der Waals surface area contributed by atoms with Crippen LogP contribution in [0.25, 0.3) is 22.3 Å². The second kappa shape index (κ2) is 11.4. The van der Waals surface area contributed by atoms with Gasteiger partial charge in [0.25, 0.3) is 15.6 Å². The number of rotatable bonds is 10. The van der Waals surface area contributed by atoms with Gasteiger partial charge in [-0.3, -0.25) is 18.7 Å². The fourth-order valence-electron chi connectivity index (χ4n) is 4.87. The molecule has 4 aromatic rings. The number of nitrogens with one attached hydrogen (secondary N) is 2. The molecule has 0 radical (unpaired) electrons. The number of hydrogen-bond acceptors (Lipinski definition) is 5. The molecule has 0 bridgehead atoms. The average molecular weight is 560 g/mol. The van der Waals surface area contributed by atoms with Crippen LogP contribution in [0.5, 0.6) is 0 Å². The molecule has 0 fully saturated rings. The molecule has 0 atom stereocenters. The molecule has 3 heterocycles. The Balaban J connectivity index is 1.35. The van der Waals surface area contributed by atoms with Crippen molar-refractivity contribution in [3.8, 4) is 11.3 Å². The molecule has 2 N–H and O–H groups in total. The first-order chi connectivity index (χ1) is 19.3. The summed E-state index contributed by atoms with van der Waals surface area (Å²) in [6.45, 7) is 6.08. The SMILES string of the molecule is CCCn1c(=O)c2[nH]c(-c3ccc(S(=O)(=O)NC4=CCN(Cc5ccccc5)C=C4)cc3)cc2n(CCC)c1=O. The number of hydrogen-bond donors (Lipinski definition) is 2. The fourth-order valence-corrected chi connectivity index (χ4v) is 5.95. The van der Waals surface area contributed by atoms with E-state index < -0.39 is 10.0 Å². The maximum Gasteiger partial charge on any atom is 0.331 e. The van der Waals surface area contributed by atoms with Crippen molar-refractivity contribution in [1.29, 1.82) is 0 Å². The molecule has 0 saturated heterocycles. The molecule has 0 aliphatic carbocycles. The largest absolute Gasteiger partial charge is 0.369 e. The van der Waals surface area contributed by atoms with Crippen molar-refractivity contribution >= 4 is 21.1 Å². The van der Waals surface area contributed by atoms with E-state index in [1.54, 1.807) is 28.8 Å². The normalized spacial score (nSPS) is 13.6. The topological polar surface area (TPSA) is 109 Å². The monoisotopic (exact) mass is 559 g/mol. The van der Waals surface area contributed by atoms with Crippen LogP contribution in [-0.2, 0) is 29.7 Å². The van der Waals surface area contributed by atoms with E-state index >= 15 is 0 Å². The standard InChI is InChI=1S/C30H33N5O4S/c1-3-16-34-27-20-26(31-28(27)29(36)35(17-4-2)30(34)37)23-10-12-25(13-11-23)40(38,39)32-24-14-18-33(19-15-24)21-22-8-6-5-7-9-22/h5-15,18,20,31-32H,3-4,16-17,19,21H2,1-2H3. The quantitative estimate of drug-likeness (QED) is 0.303. The summed E-state index contributed by atoms with van der Waals surface area (Å²) in [5, 5.41) is 0. The van der Waals surface area contributed by atoms with Gasteiger partial charge in [0, 0.05) is 43.8 Å². The van der Waals surface area contributed by atoms with Crippen LogP contribution in [0.1, 0.15) is 32.3 Å². The Morgan fingerprint density at radius 2 is 1.62 bits per heavy atom. The average Bonchev–Trinajstić information content (AvgIpc) is 3.41. The number of allylic oxidation sites excluding steroid dienone is 1. The van der Waals surface area contributed by atoms with Crippen LogP contribution in [0, 0.1) is 0 Å². The Bertz CT molecular complexity index is 1800. The van der Waals surface area contributed by atoms with Crippen LogP contribution in [0.3, 0.4) is 0 Å². The predicted molar refractivity (Wildman–Crippen MR) is 157 cm³/mol. The van der Waals surface area contributed by atoms with Crippen LogP contribution in [0.4, 0.5) is 0 Å². The summed E-state index contributed by atoms with van der Waals surface area (Å²) < 4.78 is 31.7. The lowest BCUT2D eigenvalue weighted by atomic mass is 10.1. The first-order valence-corrected chi connectivity index (χ1v) is 14.9.